The fourth-order valence-electron chi connectivity index (χ4n) is 1.90. The Labute approximate surface area is 120 Å². The van der Waals surface area contributed by atoms with Crippen LogP contribution in [0, 0.1) is 6.92 Å². The topological polar surface area (TPSA) is 58.2 Å². The summed E-state index contributed by atoms with van der Waals surface area (Å²) in [5, 5.41) is 4.92. The van der Waals surface area contributed by atoms with Crippen molar-refractivity contribution in [3.05, 3.63) is 15.8 Å². The van der Waals surface area contributed by atoms with Crippen LogP contribution in [0.15, 0.2) is 10.3 Å². The molecule has 0 aromatic carbocycles. The van der Waals surface area contributed by atoms with Crippen molar-refractivity contribution in [2.24, 2.45) is 0 Å². The van der Waals surface area contributed by atoms with Crippen LogP contribution in [0.2, 0.25) is 0 Å². The second-order valence-electron chi connectivity index (χ2n) is 5.07. The second kappa shape index (κ2) is 6.35. The lowest BCUT2D eigenvalue weighted by Crippen LogP contribution is -2.45. The summed E-state index contributed by atoms with van der Waals surface area (Å²) < 4.78 is 28.1. The first-order valence-corrected chi connectivity index (χ1v) is 8.91. The maximum absolute atomic E-state index is 12.6. The first-order valence-electron chi connectivity index (χ1n) is 6.55. The summed E-state index contributed by atoms with van der Waals surface area (Å²) in [7, 11) is -1.64. The lowest BCUT2D eigenvalue weighted by molar-refractivity contribution is 0.388. The Morgan fingerprint density at radius 2 is 1.89 bits per heavy atom. The minimum Gasteiger partial charge on any atom is -0.315 e. The van der Waals surface area contributed by atoms with Crippen LogP contribution >= 0.6 is 11.3 Å². The molecule has 0 unspecified atom stereocenters. The van der Waals surface area contributed by atoms with Gasteiger partial charge in [-0.15, -0.1) is 11.3 Å². The van der Waals surface area contributed by atoms with Gasteiger partial charge in [0.1, 0.15) is 4.90 Å². The quantitative estimate of drug-likeness (QED) is 0.814. The molecule has 1 aromatic rings. The van der Waals surface area contributed by atoms with Crippen LogP contribution in [0.4, 0.5) is 0 Å². The van der Waals surface area contributed by atoms with E-state index < -0.39 is 10.0 Å². The van der Waals surface area contributed by atoms with Crippen molar-refractivity contribution < 1.29 is 8.42 Å². The predicted octanol–water partition coefficient (Wildman–Crippen LogP) is 2.63. The first kappa shape index (κ1) is 16.6. The second-order valence-corrected chi connectivity index (χ2v) is 7.66. The molecule has 0 aliphatic carbocycles. The summed E-state index contributed by atoms with van der Waals surface area (Å²) in [5.41, 5.74) is 0.432. The van der Waals surface area contributed by atoms with E-state index in [1.165, 1.54) is 11.3 Å². The maximum atomic E-state index is 12.6. The first-order chi connectivity index (χ1) is 8.79. The van der Waals surface area contributed by atoms with Gasteiger partial charge in [-0.2, -0.15) is 0 Å². The van der Waals surface area contributed by atoms with E-state index in [1.807, 2.05) is 40.1 Å². The Morgan fingerprint density at radius 1 is 1.32 bits per heavy atom. The molecule has 0 spiro atoms. The molecule has 4 nitrogen and oxygen atoms in total. The van der Waals surface area contributed by atoms with Gasteiger partial charge in [0.15, 0.2) is 0 Å². The van der Waals surface area contributed by atoms with Crippen molar-refractivity contribution in [2.45, 2.75) is 57.5 Å². The Morgan fingerprint density at radius 3 is 2.37 bits per heavy atom. The highest BCUT2D eigenvalue weighted by Gasteiger charge is 2.30. The van der Waals surface area contributed by atoms with Crippen molar-refractivity contribution in [2.75, 3.05) is 7.05 Å². The zero-order valence-corrected chi connectivity index (χ0v) is 14.0. The van der Waals surface area contributed by atoms with Crippen molar-refractivity contribution in [1.29, 1.82) is 0 Å². The number of rotatable bonds is 7. The molecule has 0 aliphatic heterocycles. The van der Waals surface area contributed by atoms with Crippen LogP contribution in [0.1, 0.15) is 44.1 Å². The SMILES string of the molecule is CCC(C)(CC)NS(=O)(=O)c1c(C)csc1CNC. The fraction of sp³-hybridized carbons (Fsp3) is 0.692. The van der Waals surface area contributed by atoms with Gasteiger partial charge in [-0.3, -0.25) is 0 Å². The van der Waals surface area contributed by atoms with E-state index in [2.05, 4.69) is 10.0 Å². The Hall–Kier alpha value is -0.430. The predicted molar refractivity (Wildman–Crippen MR) is 81.1 cm³/mol. The van der Waals surface area contributed by atoms with Crippen LogP contribution in [0.5, 0.6) is 0 Å². The highest BCUT2D eigenvalue weighted by atomic mass is 32.2. The summed E-state index contributed by atoms with van der Waals surface area (Å²) in [5.74, 6) is 0. The normalized spacial score (nSPS) is 12.9. The van der Waals surface area contributed by atoms with Crippen LogP contribution in [-0.2, 0) is 16.6 Å². The van der Waals surface area contributed by atoms with E-state index in [9.17, 15) is 8.42 Å². The summed E-state index contributed by atoms with van der Waals surface area (Å²) in [6, 6.07) is 0. The molecular formula is C13H24N2O2S2. The van der Waals surface area contributed by atoms with E-state index in [4.69, 9.17) is 0 Å². The Balaban J connectivity index is 3.17. The molecule has 1 heterocycles. The fourth-order valence-corrected chi connectivity index (χ4v) is 5.28. The molecule has 2 N–H and O–H groups in total. The summed E-state index contributed by atoms with van der Waals surface area (Å²) >= 11 is 1.49. The number of hydrogen-bond acceptors (Lipinski definition) is 4. The van der Waals surface area contributed by atoms with Crippen molar-refractivity contribution in [3.63, 3.8) is 0 Å². The molecule has 0 aliphatic rings. The molecule has 0 bridgehead atoms. The molecule has 0 saturated carbocycles. The molecule has 19 heavy (non-hydrogen) atoms. The largest absolute Gasteiger partial charge is 0.315 e. The molecule has 0 atom stereocenters. The summed E-state index contributed by atoms with van der Waals surface area (Å²) in [6.07, 6.45) is 1.54. The molecule has 0 amide bonds. The van der Waals surface area contributed by atoms with E-state index >= 15 is 0 Å². The number of sulfonamides is 1. The lowest BCUT2D eigenvalue weighted by Gasteiger charge is -2.28. The molecule has 0 saturated heterocycles. The molecule has 0 fully saturated rings. The van der Waals surface area contributed by atoms with Crippen LogP contribution in [0.25, 0.3) is 0 Å². The molecule has 1 aromatic heterocycles. The third-order valence-electron chi connectivity index (χ3n) is 3.54. The van der Waals surface area contributed by atoms with Crippen LogP contribution < -0.4 is 10.0 Å². The molecule has 0 radical (unpaired) electrons. The molecular weight excluding hydrogens is 280 g/mol. The minimum absolute atomic E-state index is 0.385. The Bertz CT molecular complexity index is 517. The highest BCUT2D eigenvalue weighted by molar-refractivity contribution is 7.89. The van der Waals surface area contributed by atoms with E-state index in [-0.39, 0.29) is 5.54 Å². The van der Waals surface area contributed by atoms with Gasteiger partial charge < -0.3 is 5.32 Å². The number of thiophene rings is 1. The van der Waals surface area contributed by atoms with Gasteiger partial charge in [0.05, 0.1) is 0 Å². The lowest BCUT2D eigenvalue weighted by atomic mass is 9.98. The van der Waals surface area contributed by atoms with Gasteiger partial charge in [-0.1, -0.05) is 13.8 Å². The van der Waals surface area contributed by atoms with Gasteiger partial charge in [0, 0.05) is 17.0 Å². The minimum atomic E-state index is -3.46. The van der Waals surface area contributed by atoms with Crippen molar-refractivity contribution in [1.82, 2.24) is 10.0 Å². The molecule has 1 rings (SSSR count). The van der Waals surface area contributed by atoms with E-state index in [0.29, 0.717) is 11.4 Å². The van der Waals surface area contributed by atoms with Gasteiger partial charge in [-0.05, 0) is 44.7 Å². The number of hydrogen-bond donors (Lipinski definition) is 2. The Kier molecular flexibility index (Phi) is 5.55. The number of nitrogens with one attached hydrogen (secondary N) is 2. The molecule has 110 valence electrons. The average Bonchev–Trinajstić information content (AvgIpc) is 2.71. The monoisotopic (exact) mass is 304 g/mol. The highest BCUT2D eigenvalue weighted by Crippen LogP contribution is 2.28. The van der Waals surface area contributed by atoms with Gasteiger partial charge in [0.25, 0.3) is 0 Å². The van der Waals surface area contributed by atoms with Gasteiger partial charge in [0.2, 0.25) is 10.0 Å². The van der Waals surface area contributed by atoms with Crippen LogP contribution in [-0.4, -0.2) is 21.0 Å². The third-order valence-corrected chi connectivity index (χ3v) is 6.64. The third kappa shape index (κ3) is 3.78. The summed E-state index contributed by atoms with van der Waals surface area (Å²) in [6.45, 7) is 8.37. The van der Waals surface area contributed by atoms with Gasteiger partial charge >= 0.3 is 0 Å². The average molecular weight is 304 g/mol. The van der Waals surface area contributed by atoms with Crippen molar-refractivity contribution in [3.8, 4) is 0 Å². The van der Waals surface area contributed by atoms with E-state index in [1.54, 1.807) is 0 Å². The maximum Gasteiger partial charge on any atom is 0.242 e. The smallest absolute Gasteiger partial charge is 0.242 e. The number of aryl methyl sites for hydroxylation is 1. The molecule has 6 heteroatoms. The summed E-state index contributed by atoms with van der Waals surface area (Å²) in [4.78, 5) is 1.31. The van der Waals surface area contributed by atoms with Crippen molar-refractivity contribution >= 4 is 21.4 Å². The van der Waals surface area contributed by atoms with E-state index in [0.717, 1.165) is 23.3 Å². The standard InChI is InChI=1S/C13H24N2O2S2/c1-6-13(4,7-2)15-19(16,17)12-10(3)9-18-11(12)8-14-5/h9,14-15H,6-8H2,1-5H3. The zero-order chi connectivity index (χ0) is 14.7. The zero-order valence-electron chi connectivity index (χ0n) is 12.3. The van der Waals surface area contributed by atoms with Gasteiger partial charge in [-0.25, -0.2) is 13.1 Å². The van der Waals surface area contributed by atoms with Crippen LogP contribution in [0.3, 0.4) is 0 Å².